The monoisotopic (exact) mass is 249 g/mol. The van der Waals surface area contributed by atoms with Crippen molar-refractivity contribution in [1.29, 1.82) is 0 Å². The molecule has 0 fully saturated rings. The van der Waals surface area contributed by atoms with Crippen LogP contribution < -0.4 is 16.8 Å². The third-order valence-electron chi connectivity index (χ3n) is 3.03. The van der Waals surface area contributed by atoms with Gasteiger partial charge in [0.2, 0.25) is 0 Å². The Morgan fingerprint density at radius 3 is 2.94 bits per heavy atom. The number of nitrogens with one attached hydrogen (secondary N) is 2. The molecule has 0 amide bonds. The van der Waals surface area contributed by atoms with E-state index in [1.165, 1.54) is 0 Å². The zero-order valence-corrected chi connectivity index (χ0v) is 10.7. The first-order valence-electron chi connectivity index (χ1n) is 6.07. The molecule has 1 heterocycles. The first-order chi connectivity index (χ1) is 8.50. The Bertz CT molecular complexity index is 583. The van der Waals surface area contributed by atoms with E-state index in [9.17, 15) is 4.79 Å². The van der Waals surface area contributed by atoms with Gasteiger partial charge in [0, 0.05) is 12.1 Å². The summed E-state index contributed by atoms with van der Waals surface area (Å²) < 4.78 is 5.03. The lowest BCUT2D eigenvalue weighted by atomic mass is 10.0. The summed E-state index contributed by atoms with van der Waals surface area (Å²) in [4.78, 5) is 13.7. The Balaban J connectivity index is 2.10. The first-order valence-corrected chi connectivity index (χ1v) is 6.07. The van der Waals surface area contributed by atoms with Crippen molar-refractivity contribution in [3.05, 3.63) is 34.3 Å². The zero-order chi connectivity index (χ0) is 13.2. The van der Waals surface area contributed by atoms with Crippen LogP contribution in [-0.2, 0) is 6.54 Å². The average molecular weight is 249 g/mol. The minimum atomic E-state index is -0.418. The van der Waals surface area contributed by atoms with E-state index in [1.54, 1.807) is 0 Å². The summed E-state index contributed by atoms with van der Waals surface area (Å²) in [5, 5.41) is 3.44. The number of nitrogens with two attached hydrogens (primary N) is 1. The van der Waals surface area contributed by atoms with Crippen LogP contribution in [0.25, 0.3) is 11.1 Å². The van der Waals surface area contributed by atoms with Gasteiger partial charge in [0.15, 0.2) is 5.58 Å². The molecule has 4 N–H and O–H groups in total. The van der Waals surface area contributed by atoms with E-state index in [1.807, 2.05) is 18.2 Å². The van der Waals surface area contributed by atoms with Gasteiger partial charge in [-0.1, -0.05) is 6.07 Å². The Kier molecular flexibility index (Phi) is 3.54. The van der Waals surface area contributed by atoms with Crippen LogP contribution >= 0.6 is 0 Å². The van der Waals surface area contributed by atoms with Gasteiger partial charge in [0.1, 0.15) is 0 Å². The van der Waals surface area contributed by atoms with Crippen molar-refractivity contribution in [2.45, 2.75) is 32.4 Å². The lowest BCUT2D eigenvalue weighted by molar-refractivity contribution is 0.365. The number of aromatic nitrogens is 1. The molecule has 5 nitrogen and oxygen atoms in total. The molecule has 0 aliphatic carbocycles. The number of hydrogen-bond acceptors (Lipinski definition) is 4. The molecule has 0 aliphatic heterocycles. The Morgan fingerprint density at radius 1 is 1.44 bits per heavy atom. The van der Waals surface area contributed by atoms with Gasteiger partial charge >= 0.3 is 5.76 Å². The molecule has 1 aromatic carbocycles. The minimum Gasteiger partial charge on any atom is -0.408 e. The maximum Gasteiger partial charge on any atom is 0.417 e. The number of rotatable bonds is 5. The number of oxazole rings is 1. The molecule has 1 aromatic heterocycles. The van der Waals surface area contributed by atoms with Crippen LogP contribution in [0, 0.1) is 0 Å². The molecule has 5 heteroatoms. The van der Waals surface area contributed by atoms with E-state index in [0.29, 0.717) is 12.1 Å². The predicted octanol–water partition coefficient (Wildman–Crippen LogP) is 1.34. The molecule has 0 unspecified atom stereocenters. The summed E-state index contributed by atoms with van der Waals surface area (Å²) in [6.45, 7) is 5.62. The molecule has 18 heavy (non-hydrogen) atoms. The topological polar surface area (TPSA) is 84.0 Å². The van der Waals surface area contributed by atoms with E-state index >= 15 is 0 Å². The van der Waals surface area contributed by atoms with Crippen molar-refractivity contribution < 1.29 is 4.42 Å². The molecule has 0 saturated carbocycles. The van der Waals surface area contributed by atoms with Gasteiger partial charge in [-0.2, -0.15) is 0 Å². The summed E-state index contributed by atoms with van der Waals surface area (Å²) in [6.07, 6.45) is 0.911. The summed E-state index contributed by atoms with van der Waals surface area (Å²) in [5.41, 5.74) is 7.97. The van der Waals surface area contributed by atoms with Crippen LogP contribution in [0.1, 0.15) is 25.8 Å². The largest absolute Gasteiger partial charge is 0.417 e. The van der Waals surface area contributed by atoms with Gasteiger partial charge in [-0.25, -0.2) is 4.79 Å². The fraction of sp³-hybridized carbons (Fsp3) is 0.462. The highest BCUT2D eigenvalue weighted by molar-refractivity contribution is 5.72. The van der Waals surface area contributed by atoms with Gasteiger partial charge in [-0.3, -0.25) is 4.98 Å². The number of benzene rings is 1. The number of hydrogen-bond donors (Lipinski definition) is 3. The molecule has 0 atom stereocenters. The molecule has 0 aliphatic rings. The van der Waals surface area contributed by atoms with E-state index in [4.69, 9.17) is 10.2 Å². The fourth-order valence-corrected chi connectivity index (χ4v) is 1.89. The van der Waals surface area contributed by atoms with Gasteiger partial charge in [0.25, 0.3) is 0 Å². The zero-order valence-electron chi connectivity index (χ0n) is 10.7. The lowest BCUT2D eigenvalue weighted by Gasteiger charge is -2.25. The summed E-state index contributed by atoms with van der Waals surface area (Å²) in [5.74, 6) is -0.418. The summed E-state index contributed by atoms with van der Waals surface area (Å²) in [6, 6.07) is 5.70. The lowest BCUT2D eigenvalue weighted by Crippen LogP contribution is -2.40. The van der Waals surface area contributed by atoms with E-state index in [0.717, 1.165) is 24.0 Å². The van der Waals surface area contributed by atoms with Crippen molar-refractivity contribution in [2.75, 3.05) is 6.54 Å². The normalized spacial score (nSPS) is 12.2. The molecule has 0 spiro atoms. The molecule has 2 rings (SSSR count). The van der Waals surface area contributed by atoms with Crippen molar-refractivity contribution in [2.24, 2.45) is 5.73 Å². The Morgan fingerprint density at radius 2 is 2.22 bits per heavy atom. The minimum absolute atomic E-state index is 0.00267. The number of H-pyrrole nitrogens is 1. The molecule has 0 radical (unpaired) electrons. The fourth-order valence-electron chi connectivity index (χ4n) is 1.89. The molecule has 0 bridgehead atoms. The van der Waals surface area contributed by atoms with Crippen molar-refractivity contribution in [1.82, 2.24) is 10.3 Å². The van der Waals surface area contributed by atoms with Gasteiger partial charge in [-0.05, 0) is 44.5 Å². The highest BCUT2D eigenvalue weighted by Crippen LogP contribution is 2.14. The van der Waals surface area contributed by atoms with Gasteiger partial charge in [-0.15, -0.1) is 0 Å². The third-order valence-corrected chi connectivity index (χ3v) is 3.03. The molecule has 0 saturated heterocycles. The highest BCUT2D eigenvalue weighted by Gasteiger charge is 2.15. The van der Waals surface area contributed by atoms with E-state index in [-0.39, 0.29) is 5.54 Å². The Hall–Kier alpha value is -1.59. The van der Waals surface area contributed by atoms with Crippen LogP contribution in [0.3, 0.4) is 0 Å². The van der Waals surface area contributed by atoms with Crippen LogP contribution in [0.15, 0.2) is 27.4 Å². The third kappa shape index (κ3) is 3.00. The van der Waals surface area contributed by atoms with Crippen LogP contribution in [0.2, 0.25) is 0 Å². The standard InChI is InChI=1S/C13H19N3O2/c1-13(2,5-6-14)15-8-9-3-4-10-11(7-9)18-12(17)16-10/h3-4,7,15H,5-6,8,14H2,1-2H3,(H,16,17). The second-order valence-electron chi connectivity index (χ2n) is 5.12. The average Bonchev–Trinajstić information content (AvgIpc) is 2.65. The Labute approximate surface area is 105 Å². The van der Waals surface area contributed by atoms with Crippen LogP contribution in [0.4, 0.5) is 0 Å². The van der Waals surface area contributed by atoms with Crippen LogP contribution in [0.5, 0.6) is 0 Å². The summed E-state index contributed by atoms with van der Waals surface area (Å²) in [7, 11) is 0. The van der Waals surface area contributed by atoms with Gasteiger partial charge in [0.05, 0.1) is 5.52 Å². The smallest absolute Gasteiger partial charge is 0.408 e. The predicted molar refractivity (Wildman–Crippen MR) is 71.4 cm³/mol. The van der Waals surface area contributed by atoms with Gasteiger partial charge < -0.3 is 15.5 Å². The quantitative estimate of drug-likeness (QED) is 0.746. The molecule has 2 aromatic rings. The van der Waals surface area contributed by atoms with Crippen molar-refractivity contribution in [3.8, 4) is 0 Å². The second-order valence-corrected chi connectivity index (χ2v) is 5.12. The number of aromatic amines is 1. The SMILES string of the molecule is CC(C)(CCN)NCc1ccc2[nH]c(=O)oc2c1. The maximum absolute atomic E-state index is 11.1. The first kappa shape index (κ1) is 12.9. The van der Waals surface area contributed by atoms with E-state index in [2.05, 4.69) is 24.1 Å². The van der Waals surface area contributed by atoms with Crippen LogP contribution in [-0.4, -0.2) is 17.1 Å². The maximum atomic E-state index is 11.1. The second kappa shape index (κ2) is 4.96. The molecule has 98 valence electrons. The van der Waals surface area contributed by atoms with E-state index < -0.39 is 5.76 Å². The summed E-state index contributed by atoms with van der Waals surface area (Å²) >= 11 is 0. The van der Waals surface area contributed by atoms with Crippen molar-refractivity contribution in [3.63, 3.8) is 0 Å². The molecular formula is C13H19N3O2. The number of fused-ring (bicyclic) bond motifs is 1. The highest BCUT2D eigenvalue weighted by atomic mass is 16.4. The van der Waals surface area contributed by atoms with Crippen molar-refractivity contribution >= 4 is 11.1 Å². The molecular weight excluding hydrogens is 230 g/mol.